The highest BCUT2D eigenvalue weighted by atomic mass is 16.5. The first-order valence-electron chi connectivity index (χ1n) is 16.0. The van der Waals surface area contributed by atoms with Crippen LogP contribution in [-0.4, -0.2) is 93.3 Å². The van der Waals surface area contributed by atoms with Gasteiger partial charge >= 0.3 is 0 Å². The van der Waals surface area contributed by atoms with Crippen LogP contribution in [0.3, 0.4) is 0 Å². The van der Waals surface area contributed by atoms with E-state index in [1.807, 2.05) is 12.1 Å². The van der Waals surface area contributed by atoms with Crippen LogP contribution in [0.25, 0.3) is 45.0 Å². The zero-order chi connectivity index (χ0) is 30.8. The van der Waals surface area contributed by atoms with Crippen LogP contribution in [0.4, 0.5) is 11.4 Å². The molecule has 1 N–H and O–H groups in total. The van der Waals surface area contributed by atoms with Crippen LogP contribution in [-0.2, 0) is 0 Å². The molecular formula is C38H42N6O. The fourth-order valence-electron chi connectivity index (χ4n) is 6.33. The highest BCUT2D eigenvalue weighted by molar-refractivity contribution is 5.83. The van der Waals surface area contributed by atoms with Crippen LogP contribution in [0.2, 0.25) is 0 Å². The van der Waals surface area contributed by atoms with Crippen LogP contribution in [0.5, 0.6) is 5.75 Å². The van der Waals surface area contributed by atoms with Gasteiger partial charge in [0.05, 0.1) is 18.5 Å². The Morgan fingerprint density at radius 2 is 0.933 bits per heavy atom. The third-order valence-electron chi connectivity index (χ3n) is 9.32. The lowest BCUT2D eigenvalue weighted by molar-refractivity contribution is 0.313. The minimum atomic E-state index is 0.860. The minimum Gasteiger partial charge on any atom is -0.497 e. The summed E-state index contributed by atoms with van der Waals surface area (Å²) in [7, 11) is 6.09. The first kappa shape index (κ1) is 29.1. The molecule has 7 rings (SSSR count). The maximum absolute atomic E-state index is 5.33. The summed E-state index contributed by atoms with van der Waals surface area (Å²) >= 11 is 0. The molecule has 0 atom stereocenters. The molecule has 0 amide bonds. The largest absolute Gasteiger partial charge is 0.497 e. The maximum Gasteiger partial charge on any atom is 0.138 e. The average molecular weight is 599 g/mol. The number of hydrogen-bond donors (Lipinski definition) is 1. The zero-order valence-corrected chi connectivity index (χ0v) is 26.5. The van der Waals surface area contributed by atoms with E-state index < -0.39 is 0 Å². The van der Waals surface area contributed by atoms with Gasteiger partial charge in [-0.1, -0.05) is 60.7 Å². The van der Waals surface area contributed by atoms with Gasteiger partial charge in [0.2, 0.25) is 0 Å². The summed E-state index contributed by atoms with van der Waals surface area (Å²) in [6.07, 6.45) is 0. The molecule has 2 aliphatic rings. The summed E-state index contributed by atoms with van der Waals surface area (Å²) in [4.78, 5) is 18.7. The van der Waals surface area contributed by atoms with Crippen LogP contribution >= 0.6 is 0 Å². The quantitative estimate of drug-likeness (QED) is 0.228. The van der Waals surface area contributed by atoms with Crippen molar-refractivity contribution in [2.75, 3.05) is 83.4 Å². The maximum atomic E-state index is 5.33. The third kappa shape index (κ3) is 6.32. The number of piperazine rings is 2. The number of aromatic nitrogens is 2. The molecule has 0 spiro atoms. The monoisotopic (exact) mass is 598 g/mol. The van der Waals surface area contributed by atoms with E-state index in [0.29, 0.717) is 0 Å². The lowest BCUT2D eigenvalue weighted by Gasteiger charge is -2.34. The number of H-pyrrole nitrogens is 1. The Morgan fingerprint density at radius 1 is 0.511 bits per heavy atom. The third-order valence-corrected chi connectivity index (χ3v) is 9.32. The molecule has 2 aliphatic heterocycles. The van der Waals surface area contributed by atoms with E-state index in [-0.39, 0.29) is 0 Å². The molecule has 2 fully saturated rings. The van der Waals surface area contributed by atoms with Gasteiger partial charge in [-0.15, -0.1) is 0 Å². The van der Waals surface area contributed by atoms with Crippen molar-refractivity contribution in [1.82, 2.24) is 19.8 Å². The summed E-state index contributed by atoms with van der Waals surface area (Å²) < 4.78 is 5.33. The number of methoxy groups -OCH3 is 1. The van der Waals surface area contributed by atoms with Gasteiger partial charge in [-0.25, -0.2) is 4.98 Å². The van der Waals surface area contributed by atoms with Gasteiger partial charge in [-0.3, -0.25) is 0 Å². The number of aromatic amines is 1. The van der Waals surface area contributed by atoms with Gasteiger partial charge in [-0.2, -0.15) is 0 Å². The Bertz CT molecular complexity index is 1610. The highest BCUT2D eigenvalue weighted by Crippen LogP contribution is 2.35. The van der Waals surface area contributed by atoms with Gasteiger partial charge in [0, 0.05) is 80.4 Å². The molecule has 0 bridgehead atoms. The van der Waals surface area contributed by atoms with E-state index in [1.165, 1.54) is 11.4 Å². The first-order valence-corrected chi connectivity index (χ1v) is 16.0. The molecule has 1 aromatic heterocycles. The Hall–Kier alpha value is -4.59. The Morgan fingerprint density at radius 3 is 1.42 bits per heavy atom. The summed E-state index contributed by atoms with van der Waals surface area (Å²) in [5, 5.41) is 0. The fraction of sp³-hybridized carbons (Fsp3) is 0.289. The Labute approximate surface area is 266 Å². The number of nitrogens with zero attached hydrogens (tertiary/aromatic N) is 5. The zero-order valence-electron chi connectivity index (χ0n) is 26.5. The molecule has 4 aromatic carbocycles. The summed E-state index contributed by atoms with van der Waals surface area (Å²) in [6, 6.07) is 34.7. The molecule has 230 valence electrons. The molecule has 45 heavy (non-hydrogen) atoms. The molecule has 3 heterocycles. The first-order chi connectivity index (χ1) is 22.0. The topological polar surface area (TPSA) is 50.9 Å². The molecule has 5 aromatic rings. The smallest absolute Gasteiger partial charge is 0.138 e. The van der Waals surface area contributed by atoms with Gasteiger partial charge in [-0.05, 0) is 61.6 Å². The van der Waals surface area contributed by atoms with Crippen molar-refractivity contribution >= 4 is 11.4 Å². The van der Waals surface area contributed by atoms with Crippen molar-refractivity contribution < 1.29 is 4.74 Å². The number of likely N-dealkylation sites (N-methyl/N-ethyl adjacent to an activating group) is 2. The van der Waals surface area contributed by atoms with Crippen LogP contribution in [0.15, 0.2) is 97.1 Å². The predicted octanol–water partition coefficient (Wildman–Crippen LogP) is 6.59. The Balaban J connectivity index is 1.20. The van der Waals surface area contributed by atoms with E-state index in [9.17, 15) is 0 Å². The van der Waals surface area contributed by atoms with Crippen LogP contribution in [0, 0.1) is 0 Å². The predicted molar refractivity (Wildman–Crippen MR) is 186 cm³/mol. The second-order valence-corrected chi connectivity index (χ2v) is 12.3. The molecule has 0 radical (unpaired) electrons. The van der Waals surface area contributed by atoms with Crippen molar-refractivity contribution in [1.29, 1.82) is 0 Å². The standard InChI is InChI=1S/C38H42N6O/c1-41-20-24-43(25-21-41)33-14-8-30(9-15-33)36-37(31-10-16-34(17-11-31)44-26-22-42(2)23-27-44)40-38(39-36)32-6-4-28(5-7-32)29-12-18-35(45-3)19-13-29/h4-19H,20-27H2,1-3H3,(H,39,40). The van der Waals surface area contributed by atoms with Crippen molar-refractivity contribution in [3.8, 4) is 50.8 Å². The molecule has 0 aliphatic carbocycles. The number of hydrogen-bond acceptors (Lipinski definition) is 6. The number of rotatable bonds is 7. The van der Waals surface area contributed by atoms with Gasteiger partial charge in [0.15, 0.2) is 0 Å². The number of imidazole rings is 1. The number of anilines is 2. The minimum absolute atomic E-state index is 0.860. The number of ether oxygens (including phenoxy) is 1. The van der Waals surface area contributed by atoms with Gasteiger partial charge in [0.25, 0.3) is 0 Å². The molecule has 0 saturated carbocycles. The number of nitrogens with one attached hydrogen (secondary N) is 1. The molecule has 7 heteroatoms. The summed E-state index contributed by atoms with van der Waals surface area (Å²) in [5.74, 6) is 1.73. The summed E-state index contributed by atoms with van der Waals surface area (Å²) in [6.45, 7) is 8.60. The molecule has 2 saturated heterocycles. The second-order valence-electron chi connectivity index (χ2n) is 12.3. The van der Waals surface area contributed by atoms with E-state index in [2.05, 4.69) is 124 Å². The molecule has 7 nitrogen and oxygen atoms in total. The van der Waals surface area contributed by atoms with Crippen LogP contribution < -0.4 is 14.5 Å². The van der Waals surface area contributed by atoms with Crippen molar-refractivity contribution in [3.05, 3.63) is 97.1 Å². The van der Waals surface area contributed by atoms with Crippen LogP contribution in [0.1, 0.15) is 0 Å². The normalized spacial score (nSPS) is 16.2. The Kier molecular flexibility index (Phi) is 8.29. The lowest BCUT2D eigenvalue weighted by Crippen LogP contribution is -2.44. The van der Waals surface area contributed by atoms with Crippen molar-refractivity contribution in [2.45, 2.75) is 0 Å². The summed E-state index contributed by atoms with van der Waals surface area (Å²) in [5.41, 5.74) is 10.2. The van der Waals surface area contributed by atoms with Crippen molar-refractivity contribution in [3.63, 3.8) is 0 Å². The molecule has 0 unspecified atom stereocenters. The molecular weight excluding hydrogens is 556 g/mol. The van der Waals surface area contributed by atoms with E-state index in [1.54, 1.807) is 7.11 Å². The number of benzene rings is 4. The average Bonchev–Trinajstić information content (AvgIpc) is 3.55. The highest BCUT2D eigenvalue weighted by Gasteiger charge is 2.19. The van der Waals surface area contributed by atoms with Crippen molar-refractivity contribution in [2.24, 2.45) is 0 Å². The van der Waals surface area contributed by atoms with E-state index >= 15 is 0 Å². The fourth-order valence-corrected chi connectivity index (χ4v) is 6.33. The van der Waals surface area contributed by atoms with E-state index in [0.717, 1.165) is 103 Å². The second kappa shape index (κ2) is 12.8. The van der Waals surface area contributed by atoms with Gasteiger partial charge in [0.1, 0.15) is 11.6 Å². The van der Waals surface area contributed by atoms with Gasteiger partial charge < -0.3 is 29.3 Å². The lowest BCUT2D eigenvalue weighted by atomic mass is 10.0. The van der Waals surface area contributed by atoms with E-state index in [4.69, 9.17) is 9.72 Å². The SMILES string of the molecule is COc1ccc(-c2ccc(-c3nc(-c4ccc(N5CCN(C)CC5)cc4)c(-c4ccc(N5CCN(C)CC5)cc4)[nH]3)cc2)cc1.